The van der Waals surface area contributed by atoms with Crippen molar-refractivity contribution in [2.24, 2.45) is 0 Å². The molecule has 0 saturated carbocycles. The summed E-state index contributed by atoms with van der Waals surface area (Å²) in [5.41, 5.74) is 2.25. The van der Waals surface area contributed by atoms with Gasteiger partial charge in [0.25, 0.3) is 0 Å². The second-order valence-corrected chi connectivity index (χ2v) is 5.99. The number of benzene rings is 2. The first-order chi connectivity index (χ1) is 7.84. The van der Waals surface area contributed by atoms with Crippen LogP contribution in [0.5, 0.6) is 0 Å². The van der Waals surface area contributed by atoms with Crippen molar-refractivity contribution in [3.63, 3.8) is 0 Å². The normalized spacial score (nSPS) is 10.6. The zero-order valence-electron chi connectivity index (χ0n) is 9.14. The van der Waals surface area contributed by atoms with Gasteiger partial charge in [-0.1, -0.05) is 60.7 Å². The van der Waals surface area contributed by atoms with Gasteiger partial charge < -0.3 is 4.11 Å². The van der Waals surface area contributed by atoms with Crippen LogP contribution in [0.3, 0.4) is 0 Å². The molecule has 0 radical (unpaired) electrons. The van der Waals surface area contributed by atoms with Gasteiger partial charge in [-0.2, -0.15) is 0 Å². The Labute approximate surface area is 97.5 Å². The molecule has 0 fully saturated rings. The molecule has 0 saturated heterocycles. The molecule has 2 aromatic carbocycles. The lowest BCUT2D eigenvalue weighted by atomic mass is 10.2. The summed E-state index contributed by atoms with van der Waals surface area (Å²) in [5.74, 6) is 0. The number of hydrogen-bond acceptors (Lipinski definition) is 0. The van der Waals surface area contributed by atoms with Crippen molar-refractivity contribution in [3.8, 4) is 0 Å². The summed E-state index contributed by atoms with van der Waals surface area (Å²) >= 11 is 0. The molecule has 0 spiro atoms. The second-order valence-electron chi connectivity index (χ2n) is 3.98. The molecule has 0 amide bonds. The number of hydrogen-bond donors (Lipinski definition) is 0. The maximum Gasteiger partial charge on any atom is 0.240 e. The summed E-state index contributed by atoms with van der Waals surface area (Å²) in [6.07, 6.45) is 0. The largest absolute Gasteiger partial charge is 0.318 e. The summed E-state index contributed by atoms with van der Waals surface area (Å²) in [5, 5.41) is 0. The fourth-order valence-electron chi connectivity index (χ4n) is 1.81. The van der Waals surface area contributed by atoms with Gasteiger partial charge in [-0.25, -0.2) is 0 Å². The molecule has 16 heavy (non-hydrogen) atoms. The van der Waals surface area contributed by atoms with Crippen molar-refractivity contribution in [3.05, 3.63) is 71.8 Å². The minimum absolute atomic E-state index is 0.635. The van der Waals surface area contributed by atoms with E-state index in [9.17, 15) is 4.11 Å². The summed E-state index contributed by atoms with van der Waals surface area (Å²) in [6, 6.07) is 21.1. The standard InChI is InChI=1S/C14H15FSi/c15-16(11-13-7-3-1-4-8-13)12-14-9-5-2-6-10-14/h1-10,16H,11-12H2. The van der Waals surface area contributed by atoms with Gasteiger partial charge >= 0.3 is 0 Å². The Hall–Kier alpha value is -1.41. The molecule has 2 aromatic rings. The van der Waals surface area contributed by atoms with Crippen molar-refractivity contribution in [2.45, 2.75) is 12.1 Å². The van der Waals surface area contributed by atoms with Gasteiger partial charge in [0.2, 0.25) is 9.13 Å². The summed E-state index contributed by atoms with van der Waals surface area (Å²) in [6.45, 7) is 0. The molecule has 0 aliphatic carbocycles. The highest BCUT2D eigenvalue weighted by Gasteiger charge is 2.11. The third-order valence-electron chi connectivity index (χ3n) is 2.60. The summed E-state index contributed by atoms with van der Waals surface area (Å²) < 4.78 is 13.9. The minimum atomic E-state index is -2.16. The Morgan fingerprint density at radius 3 is 1.44 bits per heavy atom. The van der Waals surface area contributed by atoms with Gasteiger partial charge in [0.1, 0.15) is 0 Å². The van der Waals surface area contributed by atoms with Crippen LogP contribution in [0.25, 0.3) is 0 Å². The average molecular weight is 230 g/mol. The van der Waals surface area contributed by atoms with Crippen molar-refractivity contribution in [1.82, 2.24) is 0 Å². The summed E-state index contributed by atoms with van der Waals surface area (Å²) in [4.78, 5) is 0. The molecule has 0 bridgehead atoms. The topological polar surface area (TPSA) is 0 Å². The second kappa shape index (κ2) is 5.61. The quantitative estimate of drug-likeness (QED) is 0.559. The average Bonchev–Trinajstić information content (AvgIpc) is 2.31. The lowest BCUT2D eigenvalue weighted by Gasteiger charge is -2.06. The Balaban J connectivity index is 1.92. The van der Waals surface area contributed by atoms with E-state index in [2.05, 4.69) is 0 Å². The minimum Gasteiger partial charge on any atom is -0.318 e. The molecular formula is C14H15FSi. The van der Waals surface area contributed by atoms with Crippen molar-refractivity contribution in [2.75, 3.05) is 0 Å². The van der Waals surface area contributed by atoms with Crippen LogP contribution in [0.1, 0.15) is 11.1 Å². The third kappa shape index (κ3) is 3.31. The fourth-order valence-corrected chi connectivity index (χ4v) is 3.52. The van der Waals surface area contributed by atoms with Crippen LogP contribution < -0.4 is 0 Å². The van der Waals surface area contributed by atoms with Gasteiger partial charge in [0.15, 0.2) is 0 Å². The Bertz CT molecular complexity index is 372. The molecule has 0 unspecified atom stereocenters. The van der Waals surface area contributed by atoms with Gasteiger partial charge in [-0.3, -0.25) is 0 Å². The third-order valence-corrected chi connectivity index (χ3v) is 4.43. The maximum atomic E-state index is 13.9. The van der Waals surface area contributed by atoms with E-state index in [1.54, 1.807) is 0 Å². The fraction of sp³-hybridized carbons (Fsp3) is 0.143. The van der Waals surface area contributed by atoms with E-state index in [0.29, 0.717) is 12.1 Å². The van der Waals surface area contributed by atoms with E-state index in [1.807, 2.05) is 60.7 Å². The van der Waals surface area contributed by atoms with Crippen LogP contribution in [0.15, 0.2) is 60.7 Å². The van der Waals surface area contributed by atoms with Crippen molar-refractivity contribution < 1.29 is 4.11 Å². The lowest BCUT2D eigenvalue weighted by Crippen LogP contribution is -2.14. The first-order valence-electron chi connectivity index (χ1n) is 5.56. The summed E-state index contributed by atoms with van der Waals surface area (Å²) in [7, 11) is -2.16. The lowest BCUT2D eigenvalue weighted by molar-refractivity contribution is 0.805. The monoisotopic (exact) mass is 230 g/mol. The van der Waals surface area contributed by atoms with Crippen LogP contribution >= 0.6 is 0 Å². The first-order valence-corrected chi connectivity index (χ1v) is 7.63. The van der Waals surface area contributed by atoms with E-state index in [4.69, 9.17) is 0 Å². The zero-order chi connectivity index (χ0) is 11.2. The Morgan fingerprint density at radius 2 is 1.06 bits per heavy atom. The molecule has 2 rings (SSSR count). The molecule has 0 N–H and O–H groups in total. The number of rotatable bonds is 4. The zero-order valence-corrected chi connectivity index (χ0v) is 10.3. The van der Waals surface area contributed by atoms with Crippen LogP contribution in [0, 0.1) is 0 Å². The molecule has 0 aromatic heterocycles. The van der Waals surface area contributed by atoms with E-state index in [1.165, 1.54) is 0 Å². The molecule has 0 aliphatic heterocycles. The predicted octanol–water partition coefficient (Wildman–Crippen LogP) is 3.24. The van der Waals surface area contributed by atoms with Crippen molar-refractivity contribution in [1.29, 1.82) is 0 Å². The molecule has 82 valence electrons. The Morgan fingerprint density at radius 1 is 0.688 bits per heavy atom. The van der Waals surface area contributed by atoms with E-state index in [0.717, 1.165) is 11.1 Å². The van der Waals surface area contributed by atoms with Crippen LogP contribution in [-0.2, 0) is 12.1 Å². The molecule has 0 nitrogen and oxygen atoms in total. The Kier molecular flexibility index (Phi) is 3.89. The predicted molar refractivity (Wildman–Crippen MR) is 68.5 cm³/mol. The van der Waals surface area contributed by atoms with E-state index in [-0.39, 0.29) is 0 Å². The maximum absolute atomic E-state index is 13.9. The number of halogens is 1. The SMILES string of the molecule is F[SiH](Cc1ccccc1)Cc1ccccc1. The van der Waals surface area contributed by atoms with Crippen LogP contribution in [-0.4, -0.2) is 9.13 Å². The molecular weight excluding hydrogens is 215 g/mol. The van der Waals surface area contributed by atoms with E-state index >= 15 is 0 Å². The molecule has 0 heterocycles. The highest BCUT2D eigenvalue weighted by Crippen LogP contribution is 2.08. The van der Waals surface area contributed by atoms with Crippen molar-refractivity contribution >= 4 is 9.13 Å². The first kappa shape index (κ1) is 11.1. The van der Waals surface area contributed by atoms with Crippen LogP contribution in [0.4, 0.5) is 4.11 Å². The van der Waals surface area contributed by atoms with Gasteiger partial charge in [-0.05, 0) is 23.2 Å². The smallest absolute Gasteiger partial charge is 0.240 e. The van der Waals surface area contributed by atoms with Gasteiger partial charge in [0, 0.05) is 0 Å². The highest BCUT2D eigenvalue weighted by molar-refractivity contribution is 6.50. The highest BCUT2D eigenvalue weighted by atomic mass is 28.3. The van der Waals surface area contributed by atoms with Crippen LogP contribution in [0.2, 0.25) is 0 Å². The van der Waals surface area contributed by atoms with Gasteiger partial charge in [-0.15, -0.1) is 0 Å². The molecule has 0 aliphatic rings. The van der Waals surface area contributed by atoms with E-state index < -0.39 is 9.13 Å². The molecule has 2 heteroatoms. The van der Waals surface area contributed by atoms with Gasteiger partial charge in [0.05, 0.1) is 0 Å². The molecule has 0 atom stereocenters.